The van der Waals surface area contributed by atoms with Gasteiger partial charge in [-0.2, -0.15) is 0 Å². The molecule has 0 aliphatic carbocycles. The second-order valence-corrected chi connectivity index (χ2v) is 2.44. The number of nitrogens with zero attached hydrogens (tertiary/aromatic N) is 1. The van der Waals surface area contributed by atoms with Crippen molar-refractivity contribution in [1.29, 1.82) is 0 Å². The molecule has 2 nitrogen and oxygen atoms in total. The summed E-state index contributed by atoms with van der Waals surface area (Å²) in [6.07, 6.45) is 0.718. The van der Waals surface area contributed by atoms with Crippen LogP contribution in [-0.4, -0.2) is 23.5 Å². The molecule has 0 aromatic rings. The van der Waals surface area contributed by atoms with E-state index in [4.69, 9.17) is 0 Å². The second-order valence-electron chi connectivity index (χ2n) is 2.44. The third-order valence-electron chi connectivity index (χ3n) is 1.80. The molecule has 0 aromatic carbocycles. The van der Waals surface area contributed by atoms with Crippen molar-refractivity contribution in [1.82, 2.24) is 0 Å². The third kappa shape index (κ3) is 3.90. The fraction of sp³-hybridized carbons (Fsp3) is 0.857. The van der Waals surface area contributed by atoms with Crippen molar-refractivity contribution in [3.63, 3.8) is 0 Å². The van der Waals surface area contributed by atoms with E-state index in [9.17, 15) is 5.11 Å². The quantitative estimate of drug-likeness (QED) is 0.764. The molecular formula is C7H15ErNO. The average molecular weight is 296 g/mol. The van der Waals surface area contributed by atoms with Crippen molar-refractivity contribution in [2.24, 2.45) is 4.99 Å². The second kappa shape index (κ2) is 5.52. The fourth-order valence-electron chi connectivity index (χ4n) is 0.497. The normalized spacial score (nSPS) is 17.5. The predicted molar refractivity (Wildman–Crippen MR) is 39.9 cm³/mol. The topological polar surface area (TPSA) is 32.6 Å². The molecule has 0 aliphatic heterocycles. The van der Waals surface area contributed by atoms with Crippen molar-refractivity contribution in [2.75, 3.05) is 7.05 Å². The van der Waals surface area contributed by atoms with Gasteiger partial charge in [-0.3, -0.25) is 4.99 Å². The molecule has 0 rings (SSSR count). The summed E-state index contributed by atoms with van der Waals surface area (Å²) in [5.74, 6) is 0. The van der Waals surface area contributed by atoms with E-state index in [0.29, 0.717) is 0 Å². The summed E-state index contributed by atoms with van der Waals surface area (Å²) in [6, 6.07) is 0. The van der Waals surface area contributed by atoms with Crippen LogP contribution in [0.15, 0.2) is 4.99 Å². The zero-order valence-corrected chi connectivity index (χ0v) is 8.74. The Morgan fingerprint density at radius 1 is 1.60 bits per heavy atom. The van der Waals surface area contributed by atoms with E-state index in [2.05, 4.69) is 4.99 Å². The Morgan fingerprint density at radius 3 is 2.10 bits per heavy atom. The summed E-state index contributed by atoms with van der Waals surface area (Å²) in [7, 11) is 1.69. The maximum Gasteiger partial charge on any atom is 0.0988 e. The van der Waals surface area contributed by atoms with Gasteiger partial charge < -0.3 is 5.11 Å². The van der Waals surface area contributed by atoms with Crippen molar-refractivity contribution in [3.8, 4) is 0 Å². The summed E-state index contributed by atoms with van der Waals surface area (Å²) < 4.78 is 0. The fourth-order valence-corrected chi connectivity index (χ4v) is 0.497. The first-order chi connectivity index (χ1) is 4.04. The molecule has 0 amide bonds. The molecule has 0 saturated heterocycles. The van der Waals surface area contributed by atoms with Gasteiger partial charge in [0.05, 0.1) is 5.60 Å². The van der Waals surface area contributed by atoms with E-state index in [1.165, 1.54) is 0 Å². The van der Waals surface area contributed by atoms with E-state index < -0.39 is 5.60 Å². The molecule has 1 unspecified atom stereocenters. The molecule has 3 heteroatoms. The van der Waals surface area contributed by atoms with Crippen molar-refractivity contribution in [2.45, 2.75) is 32.8 Å². The largest absolute Gasteiger partial charge is 0.384 e. The number of aliphatic hydroxyl groups is 1. The van der Waals surface area contributed by atoms with Gasteiger partial charge in [0.25, 0.3) is 0 Å². The maximum atomic E-state index is 9.46. The van der Waals surface area contributed by atoms with Crippen LogP contribution in [0.4, 0.5) is 0 Å². The molecule has 66 valence electrons. The van der Waals surface area contributed by atoms with Gasteiger partial charge in [-0.25, -0.2) is 0 Å². The van der Waals surface area contributed by atoms with Crippen molar-refractivity contribution in [3.05, 3.63) is 0 Å². The van der Waals surface area contributed by atoms with E-state index in [1.807, 2.05) is 13.8 Å². The number of hydrogen-bond donors (Lipinski definition) is 1. The summed E-state index contributed by atoms with van der Waals surface area (Å²) in [5.41, 5.74) is 0.0966. The maximum absolute atomic E-state index is 9.46. The van der Waals surface area contributed by atoms with Crippen molar-refractivity contribution >= 4 is 5.71 Å². The van der Waals surface area contributed by atoms with E-state index in [0.717, 1.165) is 12.1 Å². The monoisotopic (exact) mass is 295 g/mol. The Balaban J connectivity index is 0. The number of aliphatic imine (C=N–C) groups is 1. The van der Waals surface area contributed by atoms with Gasteiger partial charge in [0.1, 0.15) is 0 Å². The molecule has 10 heavy (non-hydrogen) atoms. The molecule has 0 aromatic heterocycles. The molecule has 0 saturated carbocycles. The minimum Gasteiger partial charge on any atom is -0.384 e. The summed E-state index contributed by atoms with van der Waals surface area (Å²) in [5, 5.41) is 9.46. The van der Waals surface area contributed by atoms with Crippen LogP contribution in [0.3, 0.4) is 0 Å². The molecule has 0 aliphatic rings. The molecule has 0 radical (unpaired) electrons. The zero-order valence-electron chi connectivity index (χ0n) is 6.89. The van der Waals surface area contributed by atoms with Gasteiger partial charge in [0.2, 0.25) is 0 Å². The van der Waals surface area contributed by atoms with Gasteiger partial charge in [0.15, 0.2) is 0 Å². The summed E-state index contributed by atoms with van der Waals surface area (Å²) >= 11 is 0. The van der Waals surface area contributed by atoms with Gasteiger partial charge in [0, 0.05) is 50.1 Å². The molecule has 1 atom stereocenters. The Hall–Kier alpha value is 0.877. The average Bonchev–Trinajstić information content (AvgIpc) is 1.86. The Morgan fingerprint density at radius 2 is 2.00 bits per heavy atom. The first-order valence-corrected chi connectivity index (χ1v) is 3.21. The molecular weight excluding hydrogens is 281 g/mol. The van der Waals surface area contributed by atoms with Crippen LogP contribution in [0.25, 0.3) is 0 Å². The van der Waals surface area contributed by atoms with Gasteiger partial charge in [-0.05, 0) is 20.3 Å². The van der Waals surface area contributed by atoms with Crippen LogP contribution >= 0.6 is 0 Å². The van der Waals surface area contributed by atoms with Crippen LogP contribution in [0.5, 0.6) is 0 Å². The van der Waals surface area contributed by atoms with Gasteiger partial charge >= 0.3 is 0 Å². The van der Waals surface area contributed by atoms with Crippen LogP contribution < -0.4 is 0 Å². The van der Waals surface area contributed by atoms with Crippen LogP contribution in [0.1, 0.15) is 27.2 Å². The number of rotatable bonds is 2. The predicted octanol–water partition coefficient (Wildman–Crippen LogP) is 1.24. The van der Waals surface area contributed by atoms with Gasteiger partial charge in [-0.15, -0.1) is 0 Å². The Labute approximate surface area is 92.3 Å². The first kappa shape index (κ1) is 13.5. The number of hydrogen-bond acceptors (Lipinski definition) is 2. The smallest absolute Gasteiger partial charge is 0.0988 e. The Bertz CT molecular complexity index is 121. The minimum absolute atomic E-state index is 0. The van der Waals surface area contributed by atoms with E-state index in [-0.39, 0.29) is 37.3 Å². The zero-order chi connectivity index (χ0) is 7.49. The van der Waals surface area contributed by atoms with Crippen LogP contribution in [0.2, 0.25) is 0 Å². The Kier molecular flexibility index (Phi) is 7.43. The van der Waals surface area contributed by atoms with E-state index >= 15 is 0 Å². The van der Waals surface area contributed by atoms with Crippen LogP contribution in [-0.2, 0) is 0 Å². The van der Waals surface area contributed by atoms with Gasteiger partial charge in [-0.1, -0.05) is 6.92 Å². The van der Waals surface area contributed by atoms with Crippen LogP contribution in [0, 0.1) is 37.3 Å². The minimum atomic E-state index is -0.700. The summed E-state index contributed by atoms with van der Waals surface area (Å²) in [6.45, 7) is 5.55. The molecule has 0 bridgehead atoms. The SMILES string of the molecule is CCC(C)(O)C(C)=NC.[Er]. The molecule has 0 fully saturated rings. The molecule has 0 spiro atoms. The van der Waals surface area contributed by atoms with Crippen molar-refractivity contribution < 1.29 is 42.4 Å². The molecule has 1 N–H and O–H groups in total. The van der Waals surface area contributed by atoms with E-state index in [1.54, 1.807) is 14.0 Å². The third-order valence-corrected chi connectivity index (χ3v) is 1.80. The molecule has 0 heterocycles. The first-order valence-electron chi connectivity index (χ1n) is 3.21. The standard InChI is InChI=1S/C7H15NO.Er/c1-5-7(3,9)6(2)8-4;/h9H,5H2,1-4H3;. The summed E-state index contributed by atoms with van der Waals surface area (Å²) in [4.78, 5) is 3.90.